The van der Waals surface area contributed by atoms with Crippen LogP contribution in [0.15, 0.2) is 29.2 Å². The SMILES string of the molecule is CCCN(C)S(=O)(=O)c1ccc(CCCNC(C)C)cc1. The van der Waals surface area contributed by atoms with Crippen LogP contribution in [0, 0.1) is 0 Å². The largest absolute Gasteiger partial charge is 0.315 e. The molecule has 0 aliphatic heterocycles. The highest BCUT2D eigenvalue weighted by molar-refractivity contribution is 7.89. The summed E-state index contributed by atoms with van der Waals surface area (Å²) >= 11 is 0. The molecule has 4 nitrogen and oxygen atoms in total. The molecule has 0 atom stereocenters. The lowest BCUT2D eigenvalue weighted by Crippen LogP contribution is -2.27. The lowest BCUT2D eigenvalue weighted by atomic mass is 10.1. The van der Waals surface area contributed by atoms with Gasteiger partial charge >= 0.3 is 0 Å². The highest BCUT2D eigenvalue weighted by Crippen LogP contribution is 2.16. The molecule has 0 aliphatic carbocycles. The first kappa shape index (κ1) is 18.1. The summed E-state index contributed by atoms with van der Waals surface area (Å²) in [5, 5.41) is 3.38. The normalized spacial score (nSPS) is 12.3. The van der Waals surface area contributed by atoms with Gasteiger partial charge in [-0.2, -0.15) is 0 Å². The van der Waals surface area contributed by atoms with Crippen molar-refractivity contribution in [3.63, 3.8) is 0 Å². The van der Waals surface area contributed by atoms with Gasteiger partial charge < -0.3 is 5.32 Å². The second-order valence-electron chi connectivity index (χ2n) is 5.68. The molecule has 1 aromatic carbocycles. The zero-order valence-electron chi connectivity index (χ0n) is 13.6. The van der Waals surface area contributed by atoms with Gasteiger partial charge in [-0.1, -0.05) is 32.9 Å². The molecule has 120 valence electrons. The van der Waals surface area contributed by atoms with E-state index in [1.54, 1.807) is 19.2 Å². The second kappa shape index (κ2) is 8.51. The third kappa shape index (κ3) is 5.77. The van der Waals surface area contributed by atoms with E-state index in [1.165, 1.54) is 9.87 Å². The number of nitrogens with zero attached hydrogens (tertiary/aromatic N) is 1. The van der Waals surface area contributed by atoms with Gasteiger partial charge in [0.25, 0.3) is 0 Å². The molecular formula is C16H28N2O2S. The maximum Gasteiger partial charge on any atom is 0.242 e. The van der Waals surface area contributed by atoms with Crippen LogP contribution in [0.3, 0.4) is 0 Å². The van der Waals surface area contributed by atoms with Crippen LogP contribution in [-0.2, 0) is 16.4 Å². The topological polar surface area (TPSA) is 49.4 Å². The Morgan fingerprint density at radius 3 is 2.33 bits per heavy atom. The van der Waals surface area contributed by atoms with Gasteiger partial charge in [0, 0.05) is 19.6 Å². The van der Waals surface area contributed by atoms with E-state index in [2.05, 4.69) is 19.2 Å². The number of hydrogen-bond donors (Lipinski definition) is 1. The van der Waals surface area contributed by atoms with Crippen LogP contribution in [0.2, 0.25) is 0 Å². The van der Waals surface area contributed by atoms with Crippen molar-refractivity contribution in [2.45, 2.75) is 51.0 Å². The van der Waals surface area contributed by atoms with Crippen LogP contribution in [-0.4, -0.2) is 38.9 Å². The Morgan fingerprint density at radius 2 is 1.81 bits per heavy atom. The average molecular weight is 312 g/mol. The third-order valence-corrected chi connectivity index (χ3v) is 5.24. The quantitative estimate of drug-likeness (QED) is 0.713. The van der Waals surface area contributed by atoms with Gasteiger partial charge in [0.05, 0.1) is 4.90 Å². The van der Waals surface area contributed by atoms with Crippen LogP contribution in [0.25, 0.3) is 0 Å². The van der Waals surface area contributed by atoms with Crippen LogP contribution in [0.4, 0.5) is 0 Å². The minimum absolute atomic E-state index is 0.377. The number of benzene rings is 1. The lowest BCUT2D eigenvalue weighted by molar-refractivity contribution is 0.468. The highest BCUT2D eigenvalue weighted by atomic mass is 32.2. The number of rotatable bonds is 9. The molecular weight excluding hydrogens is 284 g/mol. The lowest BCUT2D eigenvalue weighted by Gasteiger charge is -2.16. The van der Waals surface area contributed by atoms with Crippen molar-refractivity contribution < 1.29 is 8.42 Å². The number of sulfonamides is 1. The fourth-order valence-electron chi connectivity index (χ4n) is 2.13. The van der Waals surface area contributed by atoms with Crippen LogP contribution >= 0.6 is 0 Å². The zero-order chi connectivity index (χ0) is 15.9. The minimum Gasteiger partial charge on any atom is -0.315 e. The fraction of sp³-hybridized carbons (Fsp3) is 0.625. The highest BCUT2D eigenvalue weighted by Gasteiger charge is 2.19. The first-order chi connectivity index (χ1) is 9.87. The molecule has 0 saturated carbocycles. The van der Waals surface area contributed by atoms with Crippen LogP contribution < -0.4 is 5.32 Å². The minimum atomic E-state index is -3.33. The molecule has 5 heteroatoms. The fourth-order valence-corrected chi connectivity index (χ4v) is 3.39. The average Bonchev–Trinajstić information content (AvgIpc) is 2.44. The van der Waals surface area contributed by atoms with E-state index in [1.807, 2.05) is 19.1 Å². The van der Waals surface area contributed by atoms with E-state index in [0.717, 1.165) is 25.8 Å². The summed E-state index contributed by atoms with van der Waals surface area (Å²) in [6.45, 7) is 7.77. The Morgan fingerprint density at radius 1 is 1.19 bits per heavy atom. The predicted molar refractivity (Wildman–Crippen MR) is 88.0 cm³/mol. The summed E-state index contributed by atoms with van der Waals surface area (Å²) in [7, 11) is -1.70. The van der Waals surface area contributed by atoms with Gasteiger partial charge in [0.1, 0.15) is 0 Å². The molecule has 0 aromatic heterocycles. The van der Waals surface area contributed by atoms with E-state index >= 15 is 0 Å². The Hall–Kier alpha value is -0.910. The molecule has 0 spiro atoms. The predicted octanol–water partition coefficient (Wildman–Crippen LogP) is 2.65. The van der Waals surface area contributed by atoms with Crippen LogP contribution in [0.1, 0.15) is 39.2 Å². The van der Waals surface area contributed by atoms with Gasteiger partial charge in [-0.05, 0) is 43.5 Å². The van der Waals surface area contributed by atoms with Crippen molar-refractivity contribution in [1.29, 1.82) is 0 Å². The molecule has 0 radical (unpaired) electrons. The second-order valence-corrected chi connectivity index (χ2v) is 7.73. The summed E-state index contributed by atoms with van der Waals surface area (Å²) in [5.74, 6) is 0. The van der Waals surface area contributed by atoms with Crippen molar-refractivity contribution in [3.8, 4) is 0 Å². The molecule has 0 heterocycles. The van der Waals surface area contributed by atoms with Crippen molar-refractivity contribution in [3.05, 3.63) is 29.8 Å². The maximum atomic E-state index is 12.3. The van der Waals surface area contributed by atoms with Gasteiger partial charge in [-0.25, -0.2) is 12.7 Å². The molecule has 0 fully saturated rings. The van der Waals surface area contributed by atoms with Gasteiger partial charge in [-0.15, -0.1) is 0 Å². The summed E-state index contributed by atoms with van der Waals surface area (Å²) < 4.78 is 26.0. The molecule has 1 aromatic rings. The molecule has 0 unspecified atom stereocenters. The molecule has 1 rings (SSSR count). The van der Waals surface area contributed by atoms with Crippen LogP contribution in [0.5, 0.6) is 0 Å². The van der Waals surface area contributed by atoms with E-state index < -0.39 is 10.0 Å². The van der Waals surface area contributed by atoms with Crippen molar-refractivity contribution in [2.75, 3.05) is 20.1 Å². The smallest absolute Gasteiger partial charge is 0.242 e. The number of hydrogen-bond acceptors (Lipinski definition) is 3. The Bertz CT molecular complexity index is 510. The Kier molecular flexibility index (Phi) is 7.35. The first-order valence-electron chi connectivity index (χ1n) is 7.66. The standard InChI is InChI=1S/C16H28N2O2S/c1-5-13-18(4)21(19,20)16-10-8-15(9-11-16)7-6-12-17-14(2)3/h8-11,14,17H,5-7,12-13H2,1-4H3. The number of nitrogens with one attached hydrogen (secondary N) is 1. The molecule has 0 aliphatic rings. The van der Waals surface area contributed by atoms with Gasteiger partial charge in [0.2, 0.25) is 10.0 Å². The van der Waals surface area contributed by atoms with E-state index in [-0.39, 0.29) is 0 Å². The van der Waals surface area contributed by atoms with Crippen molar-refractivity contribution in [1.82, 2.24) is 9.62 Å². The third-order valence-electron chi connectivity index (χ3n) is 3.36. The molecule has 0 saturated heterocycles. The molecule has 1 N–H and O–H groups in total. The Labute approximate surface area is 129 Å². The van der Waals surface area contributed by atoms with Gasteiger partial charge in [-0.3, -0.25) is 0 Å². The monoisotopic (exact) mass is 312 g/mol. The van der Waals surface area contributed by atoms with E-state index in [4.69, 9.17) is 0 Å². The van der Waals surface area contributed by atoms with Crippen molar-refractivity contribution >= 4 is 10.0 Å². The maximum absolute atomic E-state index is 12.3. The summed E-state index contributed by atoms with van der Waals surface area (Å²) in [6.07, 6.45) is 2.83. The summed E-state index contributed by atoms with van der Waals surface area (Å²) in [4.78, 5) is 0.377. The summed E-state index contributed by atoms with van der Waals surface area (Å²) in [6, 6.07) is 7.77. The summed E-state index contributed by atoms with van der Waals surface area (Å²) in [5.41, 5.74) is 1.18. The number of aryl methyl sites for hydroxylation is 1. The van der Waals surface area contributed by atoms with E-state index in [0.29, 0.717) is 17.5 Å². The first-order valence-corrected chi connectivity index (χ1v) is 9.10. The Balaban J connectivity index is 2.61. The van der Waals surface area contributed by atoms with E-state index in [9.17, 15) is 8.42 Å². The zero-order valence-corrected chi connectivity index (χ0v) is 14.4. The van der Waals surface area contributed by atoms with Gasteiger partial charge in [0.15, 0.2) is 0 Å². The van der Waals surface area contributed by atoms with Crippen molar-refractivity contribution in [2.24, 2.45) is 0 Å². The molecule has 0 amide bonds. The molecule has 0 bridgehead atoms. The molecule has 21 heavy (non-hydrogen) atoms.